The first-order chi connectivity index (χ1) is 6.25. The van der Waals surface area contributed by atoms with Crippen molar-refractivity contribution in [2.24, 2.45) is 11.7 Å². The molecular weight excluding hydrogens is 164 g/mol. The van der Waals surface area contributed by atoms with E-state index in [1.165, 1.54) is 0 Å². The highest BCUT2D eigenvalue weighted by Crippen LogP contribution is 2.14. The fourth-order valence-electron chi connectivity index (χ4n) is 1.35. The van der Waals surface area contributed by atoms with E-state index in [0.29, 0.717) is 6.54 Å². The van der Waals surface area contributed by atoms with Crippen LogP contribution in [0.5, 0.6) is 0 Å². The van der Waals surface area contributed by atoms with Crippen molar-refractivity contribution < 1.29 is 4.79 Å². The summed E-state index contributed by atoms with van der Waals surface area (Å²) in [5.74, 6) is 0.0870. The van der Waals surface area contributed by atoms with Gasteiger partial charge in [0.25, 0.3) is 0 Å². The zero-order valence-electron chi connectivity index (χ0n) is 7.86. The lowest BCUT2D eigenvalue weighted by Gasteiger charge is -2.19. The molecule has 0 spiro atoms. The Morgan fingerprint density at radius 2 is 2.46 bits per heavy atom. The summed E-state index contributed by atoms with van der Waals surface area (Å²) >= 11 is 0. The molecule has 2 unspecified atom stereocenters. The van der Waals surface area contributed by atoms with E-state index in [1.54, 1.807) is 0 Å². The summed E-state index contributed by atoms with van der Waals surface area (Å²) in [5.41, 5.74) is 5.78. The molecule has 0 aliphatic heterocycles. The van der Waals surface area contributed by atoms with Gasteiger partial charge in [0.05, 0.1) is 6.04 Å². The molecule has 0 saturated heterocycles. The topological polar surface area (TPSA) is 55.1 Å². The highest BCUT2D eigenvalue weighted by molar-refractivity contribution is 5.82. The Hall–Kier alpha value is -1.09. The average molecular weight is 180 g/mol. The Morgan fingerprint density at radius 1 is 1.69 bits per heavy atom. The van der Waals surface area contributed by atoms with Crippen LogP contribution in [0.1, 0.15) is 13.3 Å². The number of nitrogens with one attached hydrogen (secondary N) is 1. The Balaban J connectivity index is 2.47. The summed E-state index contributed by atoms with van der Waals surface area (Å²) < 4.78 is 0. The lowest BCUT2D eigenvalue weighted by Crippen LogP contribution is -2.45. The first kappa shape index (κ1) is 9.99. The number of likely N-dealkylation sites (N-methyl/N-ethyl adjacent to an activating group) is 1. The third-order valence-electron chi connectivity index (χ3n) is 2.13. The fraction of sp³-hybridized carbons (Fsp3) is 0.500. The molecule has 0 bridgehead atoms. The molecule has 0 aromatic carbocycles. The molecule has 3 heteroatoms. The molecule has 13 heavy (non-hydrogen) atoms. The van der Waals surface area contributed by atoms with Crippen molar-refractivity contribution >= 4 is 5.91 Å². The number of carbonyl (C=O) groups is 1. The van der Waals surface area contributed by atoms with E-state index in [1.807, 2.05) is 31.2 Å². The Labute approximate surface area is 78.7 Å². The summed E-state index contributed by atoms with van der Waals surface area (Å²) in [6.45, 7) is 2.53. The van der Waals surface area contributed by atoms with Gasteiger partial charge in [-0.2, -0.15) is 0 Å². The molecule has 0 aromatic rings. The quantitative estimate of drug-likeness (QED) is 0.667. The van der Waals surface area contributed by atoms with E-state index in [9.17, 15) is 4.79 Å². The SMILES string of the molecule is CCNC(=O)C(N)C1C=CC=CC1. The van der Waals surface area contributed by atoms with Crippen LogP contribution in [0.3, 0.4) is 0 Å². The fourth-order valence-corrected chi connectivity index (χ4v) is 1.35. The summed E-state index contributed by atoms with van der Waals surface area (Å²) in [4.78, 5) is 11.3. The monoisotopic (exact) mass is 180 g/mol. The number of hydrogen-bond donors (Lipinski definition) is 2. The Bertz CT molecular complexity index is 233. The second-order valence-electron chi connectivity index (χ2n) is 3.13. The molecule has 1 aliphatic carbocycles. The van der Waals surface area contributed by atoms with Crippen LogP contribution >= 0.6 is 0 Å². The van der Waals surface area contributed by atoms with Crippen LogP contribution in [0.25, 0.3) is 0 Å². The van der Waals surface area contributed by atoms with E-state index in [4.69, 9.17) is 5.73 Å². The van der Waals surface area contributed by atoms with Crippen molar-refractivity contribution in [1.29, 1.82) is 0 Å². The van der Waals surface area contributed by atoms with E-state index in [2.05, 4.69) is 5.32 Å². The molecule has 3 N–H and O–H groups in total. The first-order valence-corrected chi connectivity index (χ1v) is 4.62. The van der Waals surface area contributed by atoms with Crippen molar-refractivity contribution in [3.8, 4) is 0 Å². The number of hydrogen-bond acceptors (Lipinski definition) is 2. The van der Waals surface area contributed by atoms with Gasteiger partial charge in [0.1, 0.15) is 0 Å². The molecular formula is C10H16N2O. The number of allylic oxidation sites excluding steroid dienone is 3. The van der Waals surface area contributed by atoms with Crippen molar-refractivity contribution in [3.63, 3.8) is 0 Å². The molecule has 3 nitrogen and oxygen atoms in total. The van der Waals surface area contributed by atoms with Gasteiger partial charge in [0, 0.05) is 12.5 Å². The zero-order chi connectivity index (χ0) is 9.68. The van der Waals surface area contributed by atoms with Crippen LogP contribution < -0.4 is 11.1 Å². The number of nitrogens with two attached hydrogens (primary N) is 1. The first-order valence-electron chi connectivity index (χ1n) is 4.62. The maximum Gasteiger partial charge on any atom is 0.237 e. The van der Waals surface area contributed by atoms with Gasteiger partial charge in [0.2, 0.25) is 5.91 Å². The van der Waals surface area contributed by atoms with Gasteiger partial charge in [-0.1, -0.05) is 24.3 Å². The molecule has 0 aromatic heterocycles. The van der Waals surface area contributed by atoms with Gasteiger partial charge in [-0.3, -0.25) is 4.79 Å². The van der Waals surface area contributed by atoms with Crippen molar-refractivity contribution in [2.75, 3.05) is 6.54 Å². The summed E-state index contributed by atoms with van der Waals surface area (Å²) in [6.07, 6.45) is 8.78. The minimum atomic E-state index is -0.416. The largest absolute Gasteiger partial charge is 0.355 e. The van der Waals surface area contributed by atoms with E-state index in [0.717, 1.165) is 6.42 Å². The predicted octanol–water partition coefficient (Wildman–Crippen LogP) is 0.582. The standard InChI is InChI=1S/C10H16N2O/c1-2-12-10(13)9(11)8-6-4-3-5-7-8/h3-6,8-9H,2,7,11H2,1H3,(H,12,13). The number of carbonyl (C=O) groups excluding carboxylic acids is 1. The molecule has 1 rings (SSSR count). The second kappa shape index (κ2) is 4.82. The zero-order valence-corrected chi connectivity index (χ0v) is 7.86. The Morgan fingerprint density at radius 3 is 3.00 bits per heavy atom. The molecule has 0 radical (unpaired) electrons. The van der Waals surface area contributed by atoms with Gasteiger partial charge in [0.15, 0.2) is 0 Å². The van der Waals surface area contributed by atoms with Crippen LogP contribution in [-0.4, -0.2) is 18.5 Å². The minimum Gasteiger partial charge on any atom is -0.355 e. The van der Waals surface area contributed by atoms with Gasteiger partial charge in [-0.25, -0.2) is 0 Å². The summed E-state index contributed by atoms with van der Waals surface area (Å²) in [6, 6.07) is -0.416. The van der Waals surface area contributed by atoms with Crippen molar-refractivity contribution in [2.45, 2.75) is 19.4 Å². The molecule has 0 heterocycles. The van der Waals surface area contributed by atoms with Crippen molar-refractivity contribution in [1.82, 2.24) is 5.32 Å². The van der Waals surface area contributed by atoms with Gasteiger partial charge in [-0.15, -0.1) is 0 Å². The third kappa shape index (κ3) is 2.70. The van der Waals surface area contributed by atoms with E-state index >= 15 is 0 Å². The molecule has 0 saturated carbocycles. The molecule has 1 amide bonds. The van der Waals surface area contributed by atoms with Gasteiger partial charge >= 0.3 is 0 Å². The van der Waals surface area contributed by atoms with E-state index in [-0.39, 0.29) is 11.8 Å². The van der Waals surface area contributed by atoms with Gasteiger partial charge < -0.3 is 11.1 Å². The lowest BCUT2D eigenvalue weighted by molar-refractivity contribution is -0.123. The summed E-state index contributed by atoms with van der Waals surface area (Å²) in [7, 11) is 0. The van der Waals surface area contributed by atoms with Crippen LogP contribution in [0.15, 0.2) is 24.3 Å². The van der Waals surface area contributed by atoms with Gasteiger partial charge in [-0.05, 0) is 13.3 Å². The second-order valence-corrected chi connectivity index (χ2v) is 3.13. The smallest absolute Gasteiger partial charge is 0.237 e. The maximum absolute atomic E-state index is 11.3. The molecule has 72 valence electrons. The lowest BCUT2D eigenvalue weighted by atomic mass is 9.93. The van der Waals surface area contributed by atoms with Crippen LogP contribution in [0.2, 0.25) is 0 Å². The van der Waals surface area contributed by atoms with Crippen molar-refractivity contribution in [3.05, 3.63) is 24.3 Å². The number of amides is 1. The summed E-state index contributed by atoms with van der Waals surface area (Å²) in [5, 5.41) is 2.72. The predicted molar refractivity (Wildman–Crippen MR) is 53.0 cm³/mol. The van der Waals surface area contributed by atoms with Crippen LogP contribution in [0.4, 0.5) is 0 Å². The molecule has 2 atom stereocenters. The highest BCUT2D eigenvalue weighted by atomic mass is 16.2. The van der Waals surface area contributed by atoms with Crippen LogP contribution in [-0.2, 0) is 4.79 Å². The number of rotatable bonds is 3. The molecule has 1 aliphatic rings. The minimum absolute atomic E-state index is 0.0625. The Kier molecular flexibility index (Phi) is 3.71. The maximum atomic E-state index is 11.3. The van der Waals surface area contributed by atoms with E-state index < -0.39 is 6.04 Å². The molecule has 0 fully saturated rings. The normalized spacial score (nSPS) is 22.8. The van der Waals surface area contributed by atoms with Crippen LogP contribution in [0, 0.1) is 5.92 Å². The average Bonchev–Trinajstić information content (AvgIpc) is 2.18. The highest BCUT2D eigenvalue weighted by Gasteiger charge is 2.21. The third-order valence-corrected chi connectivity index (χ3v) is 2.13.